The molecule has 0 unspecified atom stereocenters. The standard InChI is InChI=1S/C21H24ClN3O/c1-5-10-25-12-14(4)18-19(22)17(11-23-20(18)25)21(26)24-16-8-6-15(7-9-16)13(2)3/h6-9,11-13H,5,10H2,1-4H3,(H,24,26). The minimum absolute atomic E-state index is 0.246. The maximum Gasteiger partial charge on any atom is 0.258 e. The van der Waals surface area contributed by atoms with Gasteiger partial charge in [-0.1, -0.05) is 44.5 Å². The predicted molar refractivity (Wildman–Crippen MR) is 108 cm³/mol. The molecular weight excluding hydrogens is 346 g/mol. The van der Waals surface area contributed by atoms with Gasteiger partial charge >= 0.3 is 0 Å². The van der Waals surface area contributed by atoms with Crippen LogP contribution in [0.2, 0.25) is 5.02 Å². The summed E-state index contributed by atoms with van der Waals surface area (Å²) < 4.78 is 2.09. The van der Waals surface area contributed by atoms with Crippen molar-refractivity contribution >= 4 is 34.2 Å². The third kappa shape index (κ3) is 3.47. The van der Waals surface area contributed by atoms with E-state index in [0.717, 1.165) is 35.2 Å². The van der Waals surface area contributed by atoms with Crippen LogP contribution in [0.3, 0.4) is 0 Å². The quantitative estimate of drug-likeness (QED) is 0.619. The van der Waals surface area contributed by atoms with Crippen LogP contribution in [0, 0.1) is 6.92 Å². The SMILES string of the molecule is CCCn1cc(C)c2c(Cl)c(C(=O)Nc3ccc(C(C)C)cc3)cnc21. The molecule has 3 aromatic rings. The van der Waals surface area contributed by atoms with E-state index in [9.17, 15) is 4.79 Å². The summed E-state index contributed by atoms with van der Waals surface area (Å²) in [7, 11) is 0. The van der Waals surface area contributed by atoms with Gasteiger partial charge in [0.15, 0.2) is 0 Å². The molecule has 2 heterocycles. The Morgan fingerprint density at radius 1 is 1.27 bits per heavy atom. The number of aromatic nitrogens is 2. The maximum atomic E-state index is 12.7. The van der Waals surface area contributed by atoms with Crippen LogP contribution >= 0.6 is 11.6 Å². The van der Waals surface area contributed by atoms with E-state index in [1.165, 1.54) is 5.56 Å². The fourth-order valence-corrected chi connectivity index (χ4v) is 3.49. The molecular formula is C21H24ClN3O. The number of nitrogens with one attached hydrogen (secondary N) is 1. The van der Waals surface area contributed by atoms with E-state index in [1.54, 1.807) is 6.20 Å². The van der Waals surface area contributed by atoms with E-state index < -0.39 is 0 Å². The largest absolute Gasteiger partial charge is 0.332 e. The molecule has 5 heteroatoms. The van der Waals surface area contributed by atoms with Gasteiger partial charge in [-0.15, -0.1) is 0 Å². The van der Waals surface area contributed by atoms with E-state index in [1.807, 2.05) is 37.4 Å². The number of carbonyl (C=O) groups excluding carboxylic acids is 1. The highest BCUT2D eigenvalue weighted by Crippen LogP contribution is 2.30. The lowest BCUT2D eigenvalue weighted by Crippen LogP contribution is -2.13. The molecule has 26 heavy (non-hydrogen) atoms. The van der Waals surface area contributed by atoms with Crippen molar-refractivity contribution < 1.29 is 4.79 Å². The molecule has 0 fully saturated rings. The second kappa shape index (κ2) is 7.50. The van der Waals surface area contributed by atoms with Crippen LogP contribution in [0.25, 0.3) is 11.0 Å². The highest BCUT2D eigenvalue weighted by Gasteiger charge is 2.18. The first-order valence-electron chi connectivity index (χ1n) is 8.97. The van der Waals surface area contributed by atoms with E-state index in [0.29, 0.717) is 16.5 Å². The van der Waals surface area contributed by atoms with Gasteiger partial charge in [0.2, 0.25) is 0 Å². The zero-order valence-electron chi connectivity index (χ0n) is 15.6. The van der Waals surface area contributed by atoms with Crippen LogP contribution in [-0.4, -0.2) is 15.5 Å². The Morgan fingerprint density at radius 2 is 1.96 bits per heavy atom. The number of carbonyl (C=O) groups is 1. The fraction of sp³-hybridized carbons (Fsp3) is 0.333. The molecule has 0 aliphatic heterocycles. The van der Waals surface area contributed by atoms with Gasteiger partial charge in [0.1, 0.15) is 5.65 Å². The van der Waals surface area contributed by atoms with Crippen LogP contribution in [-0.2, 0) is 6.54 Å². The molecule has 1 amide bonds. The molecule has 136 valence electrons. The molecule has 1 N–H and O–H groups in total. The number of anilines is 1. The molecule has 0 saturated heterocycles. The summed E-state index contributed by atoms with van der Waals surface area (Å²) in [5, 5.41) is 4.22. The normalized spacial score (nSPS) is 11.3. The van der Waals surface area contributed by atoms with Gasteiger partial charge < -0.3 is 9.88 Å². The molecule has 0 bridgehead atoms. The number of benzene rings is 1. The molecule has 2 aromatic heterocycles. The van der Waals surface area contributed by atoms with E-state index in [2.05, 4.69) is 35.6 Å². The van der Waals surface area contributed by atoms with Crippen molar-refractivity contribution in [2.75, 3.05) is 5.32 Å². The number of aryl methyl sites for hydroxylation is 2. The lowest BCUT2D eigenvalue weighted by atomic mass is 10.0. The van der Waals surface area contributed by atoms with Gasteiger partial charge in [-0.05, 0) is 42.5 Å². The Labute approximate surface area is 159 Å². The number of hydrogen-bond donors (Lipinski definition) is 1. The topological polar surface area (TPSA) is 46.9 Å². The van der Waals surface area contributed by atoms with Crippen molar-refractivity contribution in [3.8, 4) is 0 Å². The number of hydrogen-bond acceptors (Lipinski definition) is 2. The van der Waals surface area contributed by atoms with Crippen molar-refractivity contribution in [3.63, 3.8) is 0 Å². The van der Waals surface area contributed by atoms with Crippen LogP contribution in [0.1, 0.15) is 54.6 Å². The van der Waals surface area contributed by atoms with E-state index >= 15 is 0 Å². The second-order valence-corrected chi connectivity index (χ2v) is 7.30. The molecule has 0 aliphatic carbocycles. The van der Waals surface area contributed by atoms with Crippen LogP contribution in [0.5, 0.6) is 0 Å². The highest BCUT2D eigenvalue weighted by atomic mass is 35.5. The first-order chi connectivity index (χ1) is 12.4. The summed E-state index contributed by atoms with van der Waals surface area (Å²) in [6, 6.07) is 7.88. The summed E-state index contributed by atoms with van der Waals surface area (Å²) in [5.41, 5.74) is 4.23. The number of pyridine rings is 1. The van der Waals surface area contributed by atoms with Crippen molar-refractivity contribution in [3.05, 3.63) is 58.4 Å². The highest BCUT2D eigenvalue weighted by molar-refractivity contribution is 6.39. The minimum Gasteiger partial charge on any atom is -0.332 e. The lowest BCUT2D eigenvalue weighted by molar-refractivity contribution is 0.102. The zero-order chi connectivity index (χ0) is 18.8. The Hall–Kier alpha value is -2.33. The number of amides is 1. The fourth-order valence-electron chi connectivity index (χ4n) is 3.13. The van der Waals surface area contributed by atoms with Crippen LogP contribution < -0.4 is 5.32 Å². The Kier molecular flexibility index (Phi) is 5.33. The number of nitrogens with zero attached hydrogens (tertiary/aromatic N) is 2. The van der Waals surface area contributed by atoms with Crippen molar-refractivity contribution in [2.24, 2.45) is 0 Å². The summed E-state index contributed by atoms with van der Waals surface area (Å²) in [5.74, 6) is 0.209. The molecule has 0 spiro atoms. The average molecular weight is 370 g/mol. The number of rotatable bonds is 5. The molecule has 4 nitrogen and oxygen atoms in total. The average Bonchev–Trinajstić information content (AvgIpc) is 2.92. The first-order valence-corrected chi connectivity index (χ1v) is 9.35. The van der Waals surface area contributed by atoms with Gasteiger partial charge in [-0.2, -0.15) is 0 Å². The summed E-state index contributed by atoms with van der Waals surface area (Å²) in [4.78, 5) is 17.2. The van der Waals surface area contributed by atoms with Gasteiger partial charge in [0, 0.05) is 30.0 Å². The summed E-state index contributed by atoms with van der Waals surface area (Å²) in [6.45, 7) is 9.27. The molecule has 0 atom stereocenters. The van der Waals surface area contributed by atoms with Crippen molar-refractivity contribution in [1.29, 1.82) is 0 Å². The summed E-state index contributed by atoms with van der Waals surface area (Å²) in [6.07, 6.45) is 4.62. The maximum absolute atomic E-state index is 12.7. The minimum atomic E-state index is -0.246. The Morgan fingerprint density at radius 3 is 2.58 bits per heavy atom. The van der Waals surface area contributed by atoms with Crippen molar-refractivity contribution in [2.45, 2.75) is 46.6 Å². The van der Waals surface area contributed by atoms with Gasteiger partial charge in [-0.3, -0.25) is 4.79 Å². The second-order valence-electron chi connectivity index (χ2n) is 6.92. The van der Waals surface area contributed by atoms with Crippen molar-refractivity contribution in [1.82, 2.24) is 9.55 Å². The molecule has 0 aliphatic rings. The Bertz CT molecular complexity index is 942. The third-order valence-electron chi connectivity index (χ3n) is 4.56. The first kappa shape index (κ1) is 18.5. The van der Waals surface area contributed by atoms with Gasteiger partial charge in [0.25, 0.3) is 5.91 Å². The predicted octanol–water partition coefficient (Wildman–Crippen LogP) is 5.78. The monoisotopic (exact) mass is 369 g/mol. The molecule has 0 radical (unpaired) electrons. The van der Waals surface area contributed by atoms with Gasteiger partial charge in [-0.25, -0.2) is 4.98 Å². The lowest BCUT2D eigenvalue weighted by Gasteiger charge is -2.10. The Balaban J connectivity index is 1.91. The zero-order valence-corrected chi connectivity index (χ0v) is 16.4. The van der Waals surface area contributed by atoms with Gasteiger partial charge in [0.05, 0.1) is 10.6 Å². The van der Waals surface area contributed by atoms with Crippen LogP contribution in [0.15, 0.2) is 36.7 Å². The number of fused-ring (bicyclic) bond motifs is 1. The molecule has 1 aromatic carbocycles. The number of halogens is 1. The molecule has 0 saturated carbocycles. The smallest absolute Gasteiger partial charge is 0.258 e. The van der Waals surface area contributed by atoms with Crippen LogP contribution in [0.4, 0.5) is 5.69 Å². The summed E-state index contributed by atoms with van der Waals surface area (Å²) >= 11 is 6.57. The van der Waals surface area contributed by atoms with E-state index in [4.69, 9.17) is 11.6 Å². The molecule has 3 rings (SSSR count). The van der Waals surface area contributed by atoms with E-state index in [-0.39, 0.29) is 5.91 Å². The third-order valence-corrected chi connectivity index (χ3v) is 4.95.